The van der Waals surface area contributed by atoms with Crippen LogP contribution in [-0.4, -0.2) is 70.0 Å². The molecule has 0 fully saturated rings. The van der Waals surface area contributed by atoms with Crippen LogP contribution in [0.3, 0.4) is 0 Å². The third-order valence-corrected chi connectivity index (χ3v) is 15.2. The van der Waals surface area contributed by atoms with E-state index in [-0.39, 0.29) is 26.1 Å². The summed E-state index contributed by atoms with van der Waals surface area (Å²) in [5, 5.41) is 0. The topological polar surface area (TPSA) is 111 Å². The zero-order valence-corrected chi connectivity index (χ0v) is 57.5. The van der Waals surface area contributed by atoms with E-state index in [0.29, 0.717) is 17.4 Å². The van der Waals surface area contributed by atoms with Crippen LogP contribution in [0.4, 0.5) is 0 Å². The van der Waals surface area contributed by atoms with Gasteiger partial charge in [0.15, 0.2) is 6.10 Å². The lowest BCUT2D eigenvalue weighted by Crippen LogP contribution is -2.37. The molecule has 0 aromatic rings. The van der Waals surface area contributed by atoms with Gasteiger partial charge in [-0.05, 0) is 128 Å². The molecule has 0 aliphatic carbocycles. The minimum Gasteiger partial charge on any atom is -0.756 e. The Bertz CT molecular complexity index is 2090. The Kier molecular flexibility index (Phi) is 63.3. The molecule has 0 heterocycles. The van der Waals surface area contributed by atoms with Crippen LogP contribution in [0.25, 0.3) is 0 Å². The molecule has 2 atom stereocenters. The average Bonchev–Trinajstić information content (AvgIpc) is 3.68. The Hall–Kier alpha value is -4.63. The number of hydrogen-bond donors (Lipinski definition) is 0. The standard InChI is InChI=1S/C78H128NO8P/c1-6-8-10-12-14-16-18-20-22-24-26-28-30-32-34-35-36-37-38-39-40-41-42-43-45-47-49-51-53-55-57-59-61-63-65-67-69-71-78(81)87-76(75-86-88(82,83)85-73-72-79(3,4)5)74-84-77(80)70-68-66-64-62-60-58-56-54-52-50-48-46-44-33-31-29-27-25-23-21-19-17-15-13-11-9-7-2/h8-11,14-17,20-23,26-29,32-34,36-37,39-40,42-44,47,49,76H,6-7,12-13,18-19,24-25,30-31,35,38,41,45-46,48,50-75H2,1-5H3/b10-8-,11-9-,16-14-,17-15-,22-20-,23-21-,28-26-,29-27-,34-32-,37-36-,40-39-,43-42-,44-33-,49-47-. The predicted molar refractivity (Wildman–Crippen MR) is 378 cm³/mol. The number of unbranched alkanes of at least 4 members (excludes halogenated alkanes) is 20. The van der Waals surface area contributed by atoms with Gasteiger partial charge in [-0.2, -0.15) is 0 Å². The van der Waals surface area contributed by atoms with Crippen molar-refractivity contribution in [1.82, 2.24) is 0 Å². The van der Waals surface area contributed by atoms with Crippen molar-refractivity contribution in [2.75, 3.05) is 47.5 Å². The van der Waals surface area contributed by atoms with E-state index in [9.17, 15) is 19.0 Å². The Morgan fingerprint density at radius 1 is 0.352 bits per heavy atom. The molecule has 10 heteroatoms. The van der Waals surface area contributed by atoms with Gasteiger partial charge in [0.05, 0.1) is 27.7 Å². The molecule has 0 saturated heterocycles. The van der Waals surface area contributed by atoms with Crippen molar-refractivity contribution in [3.8, 4) is 0 Å². The highest BCUT2D eigenvalue weighted by Crippen LogP contribution is 2.38. The van der Waals surface area contributed by atoms with Crippen LogP contribution < -0.4 is 4.89 Å². The summed E-state index contributed by atoms with van der Waals surface area (Å²) in [5.74, 6) is -0.852. The van der Waals surface area contributed by atoms with Crippen molar-refractivity contribution < 1.29 is 42.1 Å². The molecule has 0 rings (SSSR count). The van der Waals surface area contributed by atoms with Gasteiger partial charge in [-0.3, -0.25) is 14.2 Å². The van der Waals surface area contributed by atoms with Crippen molar-refractivity contribution in [1.29, 1.82) is 0 Å². The van der Waals surface area contributed by atoms with E-state index in [2.05, 4.69) is 184 Å². The van der Waals surface area contributed by atoms with Crippen LogP contribution in [0.5, 0.6) is 0 Å². The number of nitrogens with zero attached hydrogens (tertiary/aromatic N) is 1. The fraction of sp³-hybridized carbons (Fsp3) is 0.615. The Morgan fingerprint density at radius 3 is 0.909 bits per heavy atom. The normalized spacial score (nSPS) is 14.2. The molecule has 0 bridgehead atoms. The Labute approximate surface area is 540 Å². The van der Waals surface area contributed by atoms with Gasteiger partial charge in [-0.1, -0.05) is 287 Å². The first kappa shape index (κ1) is 83.4. The molecule has 0 saturated carbocycles. The number of likely N-dealkylation sites (N-methyl/N-ethyl adjacent to an activating group) is 1. The molecule has 2 unspecified atom stereocenters. The highest BCUT2D eigenvalue weighted by Gasteiger charge is 2.22. The van der Waals surface area contributed by atoms with E-state index >= 15 is 0 Å². The summed E-state index contributed by atoms with van der Waals surface area (Å²) < 4.78 is 34.3. The molecule has 0 N–H and O–H groups in total. The second-order valence-electron chi connectivity index (χ2n) is 23.8. The van der Waals surface area contributed by atoms with Gasteiger partial charge >= 0.3 is 11.9 Å². The molecule has 0 aliphatic rings. The monoisotopic (exact) mass is 1240 g/mol. The number of allylic oxidation sites excluding steroid dienone is 28. The summed E-state index contributed by atoms with van der Waals surface area (Å²) in [7, 11) is 1.14. The lowest BCUT2D eigenvalue weighted by Gasteiger charge is -2.28. The van der Waals surface area contributed by atoms with Crippen LogP contribution in [0.15, 0.2) is 170 Å². The van der Waals surface area contributed by atoms with Crippen LogP contribution in [0.2, 0.25) is 0 Å². The molecule has 88 heavy (non-hydrogen) atoms. The molecular weight excluding hydrogens is 1110 g/mol. The molecule has 0 aliphatic heterocycles. The maximum atomic E-state index is 12.9. The number of quaternary nitrogens is 1. The number of ether oxygens (including phenoxy) is 2. The first-order valence-electron chi connectivity index (χ1n) is 34.8. The van der Waals surface area contributed by atoms with E-state index in [1.54, 1.807) is 0 Å². The Balaban J connectivity index is 4.14. The summed E-state index contributed by atoms with van der Waals surface area (Å²) in [4.78, 5) is 38.1. The van der Waals surface area contributed by atoms with E-state index in [0.717, 1.165) is 148 Å². The van der Waals surface area contributed by atoms with Gasteiger partial charge < -0.3 is 27.9 Å². The SMILES string of the molecule is CC/C=C\C/C=C\C/C=C\C/C=C\C/C=C\C/C=C\C/C=C\C/C=C\C/C=C\CCCCCCCCCCCC(=O)OC(COC(=O)CCCCCCCCCCCCC/C=C\C/C=C\C/C=C\C/C=C\C/C=C\CC)COP(=O)([O-])OCC[N+](C)(C)C. The summed E-state index contributed by atoms with van der Waals surface area (Å²) in [6, 6.07) is 0. The molecule has 0 spiro atoms. The summed E-state index contributed by atoms with van der Waals surface area (Å²) in [6.45, 7) is 3.99. The number of phosphoric ester groups is 1. The van der Waals surface area contributed by atoms with Crippen LogP contribution in [0, 0.1) is 0 Å². The summed E-state index contributed by atoms with van der Waals surface area (Å²) >= 11 is 0. The first-order valence-corrected chi connectivity index (χ1v) is 36.3. The van der Waals surface area contributed by atoms with Crippen molar-refractivity contribution >= 4 is 19.8 Å². The molecule has 0 radical (unpaired) electrons. The number of carbonyl (C=O) groups excluding carboxylic acids is 2. The van der Waals surface area contributed by atoms with Crippen molar-refractivity contribution in [3.05, 3.63) is 170 Å². The highest BCUT2D eigenvalue weighted by molar-refractivity contribution is 7.45. The van der Waals surface area contributed by atoms with Gasteiger partial charge in [0.2, 0.25) is 0 Å². The molecule has 0 aromatic carbocycles. The zero-order chi connectivity index (χ0) is 64.1. The van der Waals surface area contributed by atoms with Gasteiger partial charge in [0.1, 0.15) is 19.8 Å². The van der Waals surface area contributed by atoms with Gasteiger partial charge in [-0.25, -0.2) is 0 Å². The minimum absolute atomic E-state index is 0.0411. The average molecular weight is 1240 g/mol. The molecule has 0 aromatic heterocycles. The van der Waals surface area contributed by atoms with Crippen LogP contribution >= 0.6 is 7.82 Å². The van der Waals surface area contributed by atoms with E-state index in [1.807, 2.05) is 21.1 Å². The number of rotatable bonds is 62. The Morgan fingerprint density at radius 2 is 0.614 bits per heavy atom. The molecular formula is C78H128NO8P. The fourth-order valence-electron chi connectivity index (χ4n) is 8.97. The maximum Gasteiger partial charge on any atom is 0.306 e. The van der Waals surface area contributed by atoms with Gasteiger partial charge in [-0.15, -0.1) is 0 Å². The second kappa shape index (κ2) is 66.8. The van der Waals surface area contributed by atoms with Gasteiger partial charge in [0, 0.05) is 12.8 Å². The van der Waals surface area contributed by atoms with Crippen LogP contribution in [0.1, 0.15) is 258 Å². The van der Waals surface area contributed by atoms with Crippen molar-refractivity contribution in [3.63, 3.8) is 0 Å². The third kappa shape index (κ3) is 70.5. The number of esters is 2. The number of carbonyl (C=O) groups is 2. The van der Waals surface area contributed by atoms with Crippen LogP contribution in [-0.2, 0) is 32.7 Å². The largest absolute Gasteiger partial charge is 0.756 e. The maximum absolute atomic E-state index is 12.9. The number of phosphoric acid groups is 1. The minimum atomic E-state index is -4.66. The van der Waals surface area contributed by atoms with Gasteiger partial charge in [0.25, 0.3) is 7.82 Å². The highest BCUT2D eigenvalue weighted by atomic mass is 31.2. The lowest BCUT2D eigenvalue weighted by molar-refractivity contribution is -0.870. The van der Waals surface area contributed by atoms with E-state index in [1.165, 1.54) is 77.0 Å². The first-order chi connectivity index (χ1) is 43.0. The molecule has 498 valence electrons. The smallest absolute Gasteiger partial charge is 0.306 e. The zero-order valence-electron chi connectivity index (χ0n) is 56.6. The summed E-state index contributed by atoms with van der Waals surface area (Å²) in [5.41, 5.74) is 0. The second-order valence-corrected chi connectivity index (χ2v) is 25.2. The molecule has 0 amide bonds. The van der Waals surface area contributed by atoms with E-state index < -0.39 is 32.5 Å². The summed E-state index contributed by atoms with van der Waals surface area (Å²) in [6.07, 6.45) is 101. The van der Waals surface area contributed by atoms with Crippen molar-refractivity contribution in [2.24, 2.45) is 0 Å². The fourth-order valence-corrected chi connectivity index (χ4v) is 9.70. The van der Waals surface area contributed by atoms with Crippen molar-refractivity contribution in [2.45, 2.75) is 264 Å². The van der Waals surface area contributed by atoms with E-state index in [4.69, 9.17) is 18.5 Å². The quantitative estimate of drug-likeness (QED) is 0.0195. The molecule has 9 nitrogen and oxygen atoms in total. The predicted octanol–water partition coefficient (Wildman–Crippen LogP) is 22.3. The third-order valence-electron chi connectivity index (χ3n) is 14.2. The lowest BCUT2D eigenvalue weighted by atomic mass is 10.0. The number of hydrogen-bond acceptors (Lipinski definition) is 8.